The van der Waals surface area contributed by atoms with Crippen LogP contribution in [0.4, 0.5) is 4.39 Å². The Kier molecular flexibility index (Phi) is 5.37. The average molecular weight is 423 g/mol. The van der Waals surface area contributed by atoms with Crippen LogP contribution in [0.5, 0.6) is 5.75 Å². The van der Waals surface area contributed by atoms with E-state index in [-0.39, 0.29) is 16.1 Å². The van der Waals surface area contributed by atoms with Gasteiger partial charge in [-0.05, 0) is 43.2 Å². The third-order valence-corrected chi connectivity index (χ3v) is 5.53. The molecule has 0 radical (unpaired) electrons. The highest BCUT2D eigenvalue weighted by atomic mass is 35.5. The summed E-state index contributed by atoms with van der Waals surface area (Å²) in [5.41, 5.74) is 6.91. The number of rotatable bonds is 4. The number of phenols is 1. The van der Waals surface area contributed by atoms with Gasteiger partial charge in [0.1, 0.15) is 0 Å². The molecule has 1 atom stereocenters. The molecule has 0 fully saturated rings. The molecular formula is C20H17Cl2FN2O3. The number of hydrogen-bond donors (Lipinski definition) is 2. The molecule has 1 unspecified atom stereocenters. The number of carbonyl (C=O) groups excluding carboxylic acids is 2. The fraction of sp³-hybridized carbons (Fsp3) is 0.200. The minimum absolute atomic E-state index is 0.203. The first-order valence-electron chi connectivity index (χ1n) is 8.49. The summed E-state index contributed by atoms with van der Waals surface area (Å²) in [5.74, 6) is -3.21. The second kappa shape index (κ2) is 7.45. The van der Waals surface area contributed by atoms with Gasteiger partial charge in [0.05, 0.1) is 21.5 Å². The van der Waals surface area contributed by atoms with Crippen LogP contribution in [0.2, 0.25) is 10.0 Å². The summed E-state index contributed by atoms with van der Waals surface area (Å²) in [6, 6.07) is 6.67. The number of amides is 1. The Bertz CT molecular complexity index is 1120. The third-order valence-electron chi connectivity index (χ3n) is 4.79. The molecule has 1 heterocycles. The van der Waals surface area contributed by atoms with Crippen molar-refractivity contribution in [1.82, 2.24) is 4.57 Å². The Morgan fingerprint density at radius 1 is 1.21 bits per heavy atom. The van der Waals surface area contributed by atoms with Crippen molar-refractivity contribution in [3.63, 3.8) is 0 Å². The second-order valence-corrected chi connectivity index (χ2v) is 7.27. The summed E-state index contributed by atoms with van der Waals surface area (Å²) in [6.07, 6.45) is 0.383. The van der Waals surface area contributed by atoms with E-state index in [1.807, 2.05) is 0 Å². The summed E-state index contributed by atoms with van der Waals surface area (Å²) in [4.78, 5) is 25.2. The molecule has 0 saturated heterocycles. The number of aromatic hydroxyl groups is 1. The molecule has 0 aliphatic rings. The Morgan fingerprint density at radius 3 is 2.46 bits per heavy atom. The molecule has 0 saturated carbocycles. The van der Waals surface area contributed by atoms with Gasteiger partial charge in [0.25, 0.3) is 5.91 Å². The van der Waals surface area contributed by atoms with E-state index < -0.39 is 29.3 Å². The highest BCUT2D eigenvalue weighted by molar-refractivity contribution is 6.42. The van der Waals surface area contributed by atoms with E-state index in [0.29, 0.717) is 28.1 Å². The van der Waals surface area contributed by atoms with Gasteiger partial charge in [-0.2, -0.15) is 0 Å². The lowest BCUT2D eigenvalue weighted by Gasteiger charge is -2.13. The molecule has 0 bridgehead atoms. The van der Waals surface area contributed by atoms with Crippen molar-refractivity contribution in [3.05, 3.63) is 63.0 Å². The number of benzene rings is 2. The zero-order valence-electron chi connectivity index (χ0n) is 15.1. The van der Waals surface area contributed by atoms with Crippen molar-refractivity contribution >= 4 is 45.9 Å². The molecule has 3 rings (SSSR count). The summed E-state index contributed by atoms with van der Waals surface area (Å²) in [7, 11) is 0. The van der Waals surface area contributed by atoms with E-state index >= 15 is 0 Å². The SMILES string of the molecule is CCC(C(N)=O)c1c(C)n(C(=O)c2ccc(Cl)c(Cl)c2)c2cc(F)c(O)cc12. The number of carbonyl (C=O) groups is 2. The maximum absolute atomic E-state index is 14.1. The van der Waals surface area contributed by atoms with Gasteiger partial charge in [-0.3, -0.25) is 14.2 Å². The van der Waals surface area contributed by atoms with Crippen LogP contribution in [0.25, 0.3) is 10.9 Å². The molecule has 1 aromatic heterocycles. The van der Waals surface area contributed by atoms with Crippen LogP contribution in [-0.2, 0) is 4.79 Å². The first-order chi connectivity index (χ1) is 13.2. The van der Waals surface area contributed by atoms with Crippen molar-refractivity contribution in [2.75, 3.05) is 0 Å². The lowest BCUT2D eigenvalue weighted by molar-refractivity contribution is -0.119. The molecule has 2 aromatic carbocycles. The largest absolute Gasteiger partial charge is 0.505 e. The Hall–Kier alpha value is -2.57. The maximum atomic E-state index is 14.1. The highest BCUT2D eigenvalue weighted by Crippen LogP contribution is 2.37. The highest BCUT2D eigenvalue weighted by Gasteiger charge is 2.28. The predicted octanol–water partition coefficient (Wildman–Crippen LogP) is 4.77. The van der Waals surface area contributed by atoms with Gasteiger partial charge in [-0.1, -0.05) is 30.1 Å². The number of nitrogens with two attached hydrogens (primary N) is 1. The van der Waals surface area contributed by atoms with Crippen LogP contribution in [0.1, 0.15) is 40.9 Å². The van der Waals surface area contributed by atoms with Crippen LogP contribution in [0, 0.1) is 12.7 Å². The van der Waals surface area contributed by atoms with Crippen molar-refractivity contribution in [2.45, 2.75) is 26.2 Å². The first kappa shape index (κ1) is 20.2. The summed E-state index contributed by atoms with van der Waals surface area (Å²) in [5, 5.41) is 10.7. The molecule has 3 N–H and O–H groups in total. The lowest BCUT2D eigenvalue weighted by Crippen LogP contribution is -2.22. The molecule has 0 spiro atoms. The van der Waals surface area contributed by atoms with Gasteiger partial charge in [0, 0.05) is 22.7 Å². The van der Waals surface area contributed by atoms with E-state index in [1.165, 1.54) is 28.8 Å². The quantitative estimate of drug-likeness (QED) is 0.634. The fourth-order valence-electron chi connectivity index (χ4n) is 3.46. The van der Waals surface area contributed by atoms with Crippen molar-refractivity contribution in [2.24, 2.45) is 5.73 Å². The normalized spacial score (nSPS) is 12.3. The van der Waals surface area contributed by atoms with Gasteiger partial charge in [0.15, 0.2) is 11.6 Å². The molecular weight excluding hydrogens is 406 g/mol. The molecule has 8 heteroatoms. The number of primary amides is 1. The van der Waals surface area contributed by atoms with Gasteiger partial charge in [0.2, 0.25) is 5.91 Å². The molecule has 0 aliphatic carbocycles. The zero-order chi connectivity index (χ0) is 20.7. The van der Waals surface area contributed by atoms with Crippen LogP contribution in [0.3, 0.4) is 0 Å². The number of hydrogen-bond acceptors (Lipinski definition) is 3. The van der Waals surface area contributed by atoms with E-state index in [0.717, 1.165) is 6.07 Å². The molecule has 3 aromatic rings. The zero-order valence-corrected chi connectivity index (χ0v) is 16.6. The molecule has 146 valence electrons. The van der Waals surface area contributed by atoms with Crippen molar-refractivity contribution < 1.29 is 19.1 Å². The van der Waals surface area contributed by atoms with E-state index in [9.17, 15) is 19.1 Å². The summed E-state index contributed by atoms with van der Waals surface area (Å²) < 4.78 is 15.4. The Labute approximate surface area is 170 Å². The minimum atomic E-state index is -0.883. The van der Waals surface area contributed by atoms with Crippen molar-refractivity contribution in [1.29, 1.82) is 0 Å². The van der Waals surface area contributed by atoms with E-state index in [2.05, 4.69) is 0 Å². The van der Waals surface area contributed by atoms with Gasteiger partial charge < -0.3 is 10.8 Å². The van der Waals surface area contributed by atoms with Gasteiger partial charge in [-0.25, -0.2) is 4.39 Å². The second-order valence-electron chi connectivity index (χ2n) is 6.45. The number of phenolic OH excluding ortho intramolecular Hbond substituents is 1. The molecule has 1 amide bonds. The number of nitrogens with zero attached hydrogens (tertiary/aromatic N) is 1. The van der Waals surface area contributed by atoms with E-state index in [4.69, 9.17) is 28.9 Å². The van der Waals surface area contributed by atoms with Crippen LogP contribution >= 0.6 is 23.2 Å². The first-order valence-corrected chi connectivity index (χ1v) is 9.25. The average Bonchev–Trinajstić information content (AvgIpc) is 2.89. The lowest BCUT2D eigenvalue weighted by atomic mass is 9.93. The third kappa shape index (κ3) is 3.23. The summed E-state index contributed by atoms with van der Waals surface area (Å²) in [6.45, 7) is 3.42. The van der Waals surface area contributed by atoms with Crippen LogP contribution in [0.15, 0.2) is 30.3 Å². The van der Waals surface area contributed by atoms with Crippen LogP contribution in [-0.4, -0.2) is 21.5 Å². The molecule has 5 nitrogen and oxygen atoms in total. The van der Waals surface area contributed by atoms with Crippen LogP contribution < -0.4 is 5.73 Å². The van der Waals surface area contributed by atoms with Crippen molar-refractivity contribution in [3.8, 4) is 5.75 Å². The molecule has 28 heavy (non-hydrogen) atoms. The van der Waals surface area contributed by atoms with Gasteiger partial charge in [-0.15, -0.1) is 0 Å². The van der Waals surface area contributed by atoms with Gasteiger partial charge >= 0.3 is 0 Å². The van der Waals surface area contributed by atoms with E-state index in [1.54, 1.807) is 13.8 Å². The Morgan fingerprint density at radius 2 is 1.89 bits per heavy atom. The monoisotopic (exact) mass is 422 g/mol. The minimum Gasteiger partial charge on any atom is -0.505 e. The number of fused-ring (bicyclic) bond motifs is 1. The Balaban J connectivity index is 2.34. The number of aromatic nitrogens is 1. The predicted molar refractivity (Wildman–Crippen MR) is 107 cm³/mol. The standard InChI is InChI=1S/C20H17Cl2FN2O3/c1-3-11(19(24)27)18-9(2)25(16-8-15(23)17(26)7-12(16)18)20(28)10-4-5-13(21)14(22)6-10/h4-8,11,26H,3H2,1-2H3,(H2,24,27). The number of halogens is 3. The fourth-order valence-corrected chi connectivity index (χ4v) is 3.75. The molecule has 0 aliphatic heterocycles. The maximum Gasteiger partial charge on any atom is 0.262 e. The summed E-state index contributed by atoms with van der Waals surface area (Å²) >= 11 is 11.9. The topological polar surface area (TPSA) is 85.3 Å². The smallest absolute Gasteiger partial charge is 0.262 e.